The van der Waals surface area contributed by atoms with E-state index in [9.17, 15) is 29.7 Å². The van der Waals surface area contributed by atoms with Gasteiger partial charge in [-0.3, -0.25) is 14.2 Å². The molecule has 2 fully saturated rings. The molecule has 1 saturated heterocycles. The maximum absolute atomic E-state index is 13.8. The summed E-state index contributed by atoms with van der Waals surface area (Å²) in [7, 11) is 1.57. The number of hydrogen-bond acceptors (Lipinski definition) is 8. The first-order chi connectivity index (χ1) is 19.7. The Morgan fingerprint density at radius 3 is 2.39 bits per heavy atom. The number of aromatic nitrogens is 2. The third-order valence-electron chi connectivity index (χ3n) is 8.39. The van der Waals surface area contributed by atoms with E-state index in [2.05, 4.69) is 15.2 Å². The number of aliphatic carboxylic acids is 1. The third-order valence-corrected chi connectivity index (χ3v) is 8.39. The zero-order valence-electron chi connectivity index (χ0n) is 23.1. The summed E-state index contributed by atoms with van der Waals surface area (Å²) >= 11 is 0. The first-order valence-corrected chi connectivity index (χ1v) is 14.1. The summed E-state index contributed by atoms with van der Waals surface area (Å²) in [5.74, 6) is -1.91. The van der Waals surface area contributed by atoms with Crippen LogP contribution in [0.1, 0.15) is 55.3 Å². The summed E-state index contributed by atoms with van der Waals surface area (Å²) in [4.78, 5) is 46.3. The number of carboxylic acid groups (broad SMARTS) is 1. The first-order valence-electron chi connectivity index (χ1n) is 14.1. The van der Waals surface area contributed by atoms with E-state index in [4.69, 9.17) is 4.74 Å². The highest BCUT2D eigenvalue weighted by Gasteiger charge is 2.42. The molecular formula is C30H36N4O7. The van der Waals surface area contributed by atoms with Crippen LogP contribution in [0.3, 0.4) is 0 Å². The standard InChI is InChI=1S/C30H36N4O7/c1-41-22-7-5-19(6-8-22)20-17-23-25(36)24(27(37)32-30(29(39)40)11-3-2-4-12-30)28(38)34(26(23)31-18-20)16-15-33-13-9-21(35)10-14-33/h5-8,17-18,21,35-36H,2-4,9-16H2,1H3,(H,32,37)(H,39,40). The molecule has 1 amide bonds. The average molecular weight is 565 g/mol. The number of piperidine rings is 1. The molecule has 5 rings (SSSR count). The smallest absolute Gasteiger partial charge is 0.329 e. The second kappa shape index (κ2) is 11.9. The molecule has 0 atom stereocenters. The maximum Gasteiger partial charge on any atom is 0.329 e. The van der Waals surface area contributed by atoms with Crippen molar-refractivity contribution in [2.24, 2.45) is 0 Å². The summed E-state index contributed by atoms with van der Waals surface area (Å²) in [5, 5.41) is 34.0. The van der Waals surface area contributed by atoms with Gasteiger partial charge in [-0.25, -0.2) is 9.78 Å². The van der Waals surface area contributed by atoms with Gasteiger partial charge in [0.25, 0.3) is 11.5 Å². The molecule has 3 aromatic rings. The zero-order valence-corrected chi connectivity index (χ0v) is 23.1. The molecule has 1 aliphatic heterocycles. The fourth-order valence-electron chi connectivity index (χ4n) is 5.88. The Balaban J connectivity index is 1.58. The molecule has 0 radical (unpaired) electrons. The van der Waals surface area contributed by atoms with Gasteiger partial charge in [-0.1, -0.05) is 31.4 Å². The van der Waals surface area contributed by atoms with Crippen LogP contribution in [0.5, 0.6) is 11.5 Å². The molecular weight excluding hydrogens is 528 g/mol. The highest BCUT2D eigenvalue weighted by Crippen LogP contribution is 2.33. The molecule has 0 spiro atoms. The van der Waals surface area contributed by atoms with Gasteiger partial charge in [0.1, 0.15) is 28.2 Å². The number of aliphatic hydroxyl groups excluding tert-OH is 1. The Bertz CT molecular complexity index is 1490. The number of rotatable bonds is 8. The summed E-state index contributed by atoms with van der Waals surface area (Å²) in [6.45, 7) is 2.03. The van der Waals surface area contributed by atoms with Crippen molar-refractivity contribution in [1.29, 1.82) is 0 Å². The van der Waals surface area contributed by atoms with Gasteiger partial charge in [0.2, 0.25) is 0 Å². The van der Waals surface area contributed by atoms with E-state index in [1.54, 1.807) is 31.5 Å². The van der Waals surface area contributed by atoms with Crippen LogP contribution in [0.2, 0.25) is 0 Å². The molecule has 218 valence electrons. The van der Waals surface area contributed by atoms with Gasteiger partial charge >= 0.3 is 5.97 Å². The summed E-state index contributed by atoms with van der Waals surface area (Å²) in [5.41, 5.74) is -1.04. The number of benzene rings is 1. The molecule has 0 bridgehead atoms. The van der Waals surface area contributed by atoms with Crippen molar-refractivity contribution in [1.82, 2.24) is 19.8 Å². The van der Waals surface area contributed by atoms with E-state index < -0.39 is 34.3 Å². The zero-order chi connectivity index (χ0) is 29.1. The molecule has 2 aliphatic rings. The molecule has 4 N–H and O–H groups in total. The molecule has 11 heteroatoms. The Kier molecular flexibility index (Phi) is 8.27. The number of aliphatic hydroxyl groups is 1. The SMILES string of the molecule is COc1ccc(-c2cnc3c(c2)c(O)c(C(=O)NC2(C(=O)O)CCCCC2)c(=O)n3CCN2CCC(O)CC2)cc1. The van der Waals surface area contributed by atoms with Crippen LogP contribution in [0.15, 0.2) is 41.3 Å². The fraction of sp³-hybridized carbons (Fsp3) is 0.467. The van der Waals surface area contributed by atoms with E-state index >= 15 is 0 Å². The molecule has 11 nitrogen and oxygen atoms in total. The molecule has 1 aliphatic carbocycles. The van der Waals surface area contributed by atoms with E-state index in [0.29, 0.717) is 56.6 Å². The number of hydrogen-bond donors (Lipinski definition) is 4. The number of carbonyl (C=O) groups is 2. The fourth-order valence-corrected chi connectivity index (χ4v) is 5.88. The van der Waals surface area contributed by atoms with Crippen molar-refractivity contribution in [3.8, 4) is 22.6 Å². The van der Waals surface area contributed by atoms with Crippen LogP contribution < -0.4 is 15.6 Å². The van der Waals surface area contributed by atoms with E-state index in [0.717, 1.165) is 12.0 Å². The Morgan fingerprint density at radius 2 is 1.76 bits per heavy atom. The molecule has 2 aromatic heterocycles. The first kappa shape index (κ1) is 28.6. The second-order valence-corrected chi connectivity index (χ2v) is 11.0. The van der Waals surface area contributed by atoms with Gasteiger partial charge < -0.3 is 30.3 Å². The van der Waals surface area contributed by atoms with Crippen LogP contribution in [-0.4, -0.2) is 80.0 Å². The lowest BCUT2D eigenvalue weighted by Crippen LogP contribution is -2.56. The number of carboxylic acids is 1. The van der Waals surface area contributed by atoms with E-state index in [-0.39, 0.29) is 36.5 Å². The second-order valence-electron chi connectivity index (χ2n) is 11.0. The number of carbonyl (C=O) groups excluding carboxylic acids is 1. The summed E-state index contributed by atoms with van der Waals surface area (Å²) < 4.78 is 6.61. The van der Waals surface area contributed by atoms with Gasteiger partial charge in [-0.05, 0) is 49.4 Å². The lowest BCUT2D eigenvalue weighted by molar-refractivity contribution is -0.145. The summed E-state index contributed by atoms with van der Waals surface area (Å²) in [6, 6.07) is 8.95. The van der Waals surface area contributed by atoms with Gasteiger partial charge in [0, 0.05) is 37.9 Å². The number of aromatic hydroxyl groups is 1. The van der Waals surface area contributed by atoms with E-state index in [1.807, 2.05) is 12.1 Å². The Morgan fingerprint density at radius 1 is 1.07 bits per heavy atom. The normalized spacial score (nSPS) is 17.8. The number of nitrogens with zero attached hydrogens (tertiary/aromatic N) is 3. The Labute approximate surface area is 237 Å². The Hall–Kier alpha value is -3.96. The number of amides is 1. The lowest BCUT2D eigenvalue weighted by atomic mass is 9.81. The van der Waals surface area contributed by atoms with Gasteiger partial charge in [-0.15, -0.1) is 0 Å². The number of methoxy groups -OCH3 is 1. The van der Waals surface area contributed by atoms with Crippen LogP contribution in [0, 0.1) is 0 Å². The van der Waals surface area contributed by atoms with Crippen molar-refractivity contribution < 1.29 is 29.6 Å². The number of likely N-dealkylation sites (tertiary alicyclic amines) is 1. The minimum Gasteiger partial charge on any atom is -0.506 e. The predicted octanol–water partition coefficient (Wildman–Crippen LogP) is 2.75. The minimum atomic E-state index is -1.49. The van der Waals surface area contributed by atoms with Crippen molar-refractivity contribution in [3.63, 3.8) is 0 Å². The number of fused-ring (bicyclic) bond motifs is 1. The van der Waals surface area contributed by atoms with Crippen LogP contribution >= 0.6 is 0 Å². The summed E-state index contributed by atoms with van der Waals surface area (Å²) in [6.07, 6.45) is 5.20. The van der Waals surface area contributed by atoms with E-state index in [1.165, 1.54) is 4.57 Å². The monoisotopic (exact) mass is 564 g/mol. The number of pyridine rings is 2. The quantitative estimate of drug-likeness (QED) is 0.323. The van der Waals surface area contributed by atoms with Gasteiger partial charge in [0.05, 0.1) is 18.6 Å². The van der Waals surface area contributed by atoms with Crippen LogP contribution in [0.4, 0.5) is 0 Å². The maximum atomic E-state index is 13.8. The van der Waals surface area contributed by atoms with Gasteiger partial charge in [-0.2, -0.15) is 0 Å². The number of ether oxygens (including phenoxy) is 1. The molecule has 0 unspecified atom stereocenters. The number of nitrogens with one attached hydrogen (secondary N) is 1. The highest BCUT2D eigenvalue weighted by atomic mass is 16.5. The van der Waals surface area contributed by atoms with Crippen molar-refractivity contribution in [2.45, 2.75) is 63.1 Å². The third kappa shape index (κ3) is 5.77. The lowest BCUT2D eigenvalue weighted by Gasteiger charge is -2.34. The van der Waals surface area contributed by atoms with Crippen molar-refractivity contribution in [2.75, 3.05) is 26.7 Å². The molecule has 41 heavy (non-hydrogen) atoms. The van der Waals surface area contributed by atoms with Crippen LogP contribution in [-0.2, 0) is 11.3 Å². The topological polar surface area (TPSA) is 154 Å². The van der Waals surface area contributed by atoms with Gasteiger partial charge in [0.15, 0.2) is 0 Å². The predicted molar refractivity (Wildman–Crippen MR) is 152 cm³/mol. The minimum absolute atomic E-state index is 0.199. The average Bonchev–Trinajstić information content (AvgIpc) is 2.98. The van der Waals surface area contributed by atoms with Crippen LogP contribution in [0.25, 0.3) is 22.2 Å². The largest absolute Gasteiger partial charge is 0.506 e. The van der Waals surface area contributed by atoms with Crippen molar-refractivity contribution >= 4 is 22.9 Å². The molecule has 3 heterocycles. The highest BCUT2D eigenvalue weighted by molar-refractivity contribution is 6.04. The van der Waals surface area contributed by atoms with Crippen molar-refractivity contribution in [3.05, 3.63) is 52.4 Å². The molecule has 1 saturated carbocycles. The molecule has 1 aromatic carbocycles.